The van der Waals surface area contributed by atoms with E-state index in [2.05, 4.69) is 95.7 Å². The van der Waals surface area contributed by atoms with Gasteiger partial charge in [-0.15, -0.1) is 0 Å². The fourth-order valence-electron chi connectivity index (χ4n) is 4.67. The van der Waals surface area contributed by atoms with E-state index in [4.69, 9.17) is 4.98 Å². The Balaban J connectivity index is 1.51. The van der Waals surface area contributed by atoms with Gasteiger partial charge in [0.25, 0.3) is 0 Å². The number of hydrogen-bond donors (Lipinski definition) is 1. The summed E-state index contributed by atoms with van der Waals surface area (Å²) in [5.41, 5.74) is 5.36. The van der Waals surface area contributed by atoms with Gasteiger partial charge < -0.3 is 9.88 Å². The van der Waals surface area contributed by atoms with Crippen molar-refractivity contribution in [3.05, 3.63) is 109 Å². The fourth-order valence-corrected chi connectivity index (χ4v) is 6.96. The van der Waals surface area contributed by atoms with Crippen molar-refractivity contribution in [2.24, 2.45) is 0 Å². The Morgan fingerprint density at radius 2 is 1.51 bits per heavy atom. The number of unbranched alkanes of at least 4 members (excludes halogenated alkanes) is 1. The van der Waals surface area contributed by atoms with Gasteiger partial charge >= 0.3 is 0 Å². The first-order valence-corrected chi connectivity index (χ1v) is 14.4. The van der Waals surface area contributed by atoms with Gasteiger partial charge in [-0.1, -0.05) is 80.1 Å². The number of carbonyl (C=O) groups is 1. The van der Waals surface area contributed by atoms with Crippen molar-refractivity contribution in [2.75, 3.05) is 5.32 Å². The molecule has 0 aliphatic carbocycles. The number of amides is 1. The maximum absolute atomic E-state index is 11.4. The first kappa shape index (κ1) is 24.9. The number of fused-ring (bicyclic) bond motifs is 1. The number of carbonyl (C=O) groups excluding carboxylic acids is 1. The van der Waals surface area contributed by atoms with Crippen LogP contribution in [0.25, 0.3) is 22.4 Å². The lowest BCUT2D eigenvalue weighted by Gasteiger charge is -2.19. The highest BCUT2D eigenvalue weighted by Gasteiger charge is 2.17. The summed E-state index contributed by atoms with van der Waals surface area (Å²) < 4.78 is 2.34. The Labute approximate surface area is 220 Å². The van der Waals surface area contributed by atoms with Crippen molar-refractivity contribution in [1.82, 2.24) is 9.55 Å². The van der Waals surface area contributed by atoms with Crippen LogP contribution in [-0.2, 0) is 17.5 Å². The molecule has 0 aliphatic rings. The maximum atomic E-state index is 11.4. The number of hydrogen-bond acceptors (Lipinski definition) is 2. The van der Waals surface area contributed by atoms with E-state index in [-0.39, 0.29) is 5.91 Å². The molecule has 1 heterocycles. The molecule has 1 amide bonds. The molecule has 37 heavy (non-hydrogen) atoms. The number of anilines is 1. The summed E-state index contributed by atoms with van der Waals surface area (Å²) in [4.78, 5) is 16.5. The molecule has 1 N–H and O–H groups in total. The van der Waals surface area contributed by atoms with Gasteiger partial charge in [-0.3, -0.25) is 4.79 Å². The van der Waals surface area contributed by atoms with Crippen LogP contribution in [0.4, 0.5) is 5.69 Å². The smallest absolute Gasteiger partial charge is 0.221 e. The van der Waals surface area contributed by atoms with Crippen LogP contribution in [0.3, 0.4) is 0 Å². The second-order valence-corrected chi connectivity index (χ2v) is 11.5. The van der Waals surface area contributed by atoms with Gasteiger partial charge in [0.2, 0.25) is 5.91 Å². The summed E-state index contributed by atoms with van der Waals surface area (Å²) in [6, 6.07) is 36.5. The Bertz CT molecular complexity index is 1440. The van der Waals surface area contributed by atoms with Crippen LogP contribution in [0.5, 0.6) is 0 Å². The lowest BCUT2D eigenvalue weighted by molar-refractivity contribution is -0.114. The van der Waals surface area contributed by atoms with Crippen LogP contribution in [-0.4, -0.2) is 15.5 Å². The molecule has 1 aromatic heterocycles. The maximum Gasteiger partial charge on any atom is 0.221 e. The average Bonchev–Trinajstić information content (AvgIpc) is 3.29. The van der Waals surface area contributed by atoms with Crippen LogP contribution < -0.4 is 15.9 Å². The van der Waals surface area contributed by atoms with E-state index < -0.39 is 7.92 Å². The van der Waals surface area contributed by atoms with E-state index in [0.717, 1.165) is 48.1 Å². The van der Waals surface area contributed by atoms with Crippen LogP contribution in [0.15, 0.2) is 103 Å². The zero-order chi connectivity index (χ0) is 25.6. The molecule has 0 spiro atoms. The Morgan fingerprint density at radius 1 is 0.865 bits per heavy atom. The number of nitrogens with one attached hydrogen (secondary N) is 1. The summed E-state index contributed by atoms with van der Waals surface area (Å²) in [6.45, 7) is 4.67. The fraction of sp³-hybridized carbons (Fsp3) is 0.188. The van der Waals surface area contributed by atoms with Crippen molar-refractivity contribution >= 4 is 41.2 Å². The zero-order valence-corrected chi connectivity index (χ0v) is 22.3. The summed E-state index contributed by atoms with van der Waals surface area (Å²) >= 11 is 0. The van der Waals surface area contributed by atoms with E-state index in [1.54, 1.807) is 0 Å². The van der Waals surface area contributed by atoms with Gasteiger partial charge in [-0.05, 0) is 66.9 Å². The molecule has 186 valence electrons. The van der Waals surface area contributed by atoms with E-state index in [0.29, 0.717) is 0 Å². The van der Waals surface area contributed by atoms with Crippen molar-refractivity contribution < 1.29 is 4.79 Å². The number of aryl methyl sites for hydroxylation is 1. The lowest BCUT2D eigenvalue weighted by Crippen LogP contribution is -2.12. The number of aromatic nitrogens is 2. The lowest BCUT2D eigenvalue weighted by atomic mass is 10.2. The molecular weight excluding hydrogens is 473 g/mol. The topological polar surface area (TPSA) is 46.9 Å². The molecule has 0 unspecified atom stereocenters. The summed E-state index contributed by atoms with van der Waals surface area (Å²) in [5.74, 6) is 0.907. The minimum Gasteiger partial charge on any atom is -0.326 e. The standard InChI is InChI=1S/C32H32N3OP/c1-3-4-21-35-31-20-15-25(23-37(28-11-7-5-8-12-28)29-13-9-6-10-14-29)22-30(31)34-32(35)26-16-18-27(19-17-26)33-24(2)36/h5-20,22H,3-4,21,23H2,1-2H3,(H,33,36). The van der Waals surface area contributed by atoms with Crippen LogP contribution in [0.1, 0.15) is 32.3 Å². The Kier molecular flexibility index (Phi) is 7.77. The van der Waals surface area contributed by atoms with Gasteiger partial charge in [0.1, 0.15) is 5.82 Å². The predicted octanol–water partition coefficient (Wildman–Crippen LogP) is 7.09. The molecule has 0 saturated heterocycles. The van der Waals surface area contributed by atoms with Crippen molar-refractivity contribution in [1.29, 1.82) is 0 Å². The van der Waals surface area contributed by atoms with E-state index in [9.17, 15) is 4.79 Å². The third-order valence-corrected chi connectivity index (χ3v) is 9.01. The van der Waals surface area contributed by atoms with Gasteiger partial charge in [-0.2, -0.15) is 0 Å². The van der Waals surface area contributed by atoms with Crippen molar-refractivity contribution in [3.8, 4) is 11.4 Å². The van der Waals surface area contributed by atoms with Gasteiger partial charge in [-0.25, -0.2) is 4.98 Å². The molecule has 5 rings (SSSR count). The van der Waals surface area contributed by atoms with Gasteiger partial charge in [0.15, 0.2) is 0 Å². The summed E-state index contributed by atoms with van der Waals surface area (Å²) in [7, 11) is -0.517. The third kappa shape index (κ3) is 5.81. The Morgan fingerprint density at radius 3 is 2.11 bits per heavy atom. The number of imidazole rings is 1. The first-order chi connectivity index (χ1) is 18.1. The van der Waals surface area contributed by atoms with Crippen LogP contribution in [0.2, 0.25) is 0 Å². The number of nitrogens with zero attached hydrogens (tertiary/aromatic N) is 2. The second-order valence-electron chi connectivity index (χ2n) is 9.28. The Hall–Kier alpha value is -3.75. The molecule has 0 fully saturated rings. The monoisotopic (exact) mass is 505 g/mol. The van der Waals surface area contributed by atoms with E-state index >= 15 is 0 Å². The molecule has 5 heteroatoms. The predicted molar refractivity (Wildman–Crippen MR) is 157 cm³/mol. The molecule has 5 aromatic rings. The SMILES string of the molecule is CCCCn1c(-c2ccc(NC(C)=O)cc2)nc2cc(CP(c3ccccc3)c3ccccc3)ccc21. The normalized spacial score (nSPS) is 11.2. The summed E-state index contributed by atoms with van der Waals surface area (Å²) in [5, 5.41) is 5.62. The molecule has 0 saturated carbocycles. The largest absolute Gasteiger partial charge is 0.326 e. The molecule has 0 aliphatic heterocycles. The highest BCUT2D eigenvalue weighted by molar-refractivity contribution is 7.72. The van der Waals surface area contributed by atoms with Crippen molar-refractivity contribution in [2.45, 2.75) is 39.4 Å². The molecular formula is C32H32N3OP. The zero-order valence-electron chi connectivity index (χ0n) is 21.4. The molecule has 4 aromatic carbocycles. The van der Waals surface area contributed by atoms with Gasteiger partial charge in [0.05, 0.1) is 11.0 Å². The molecule has 0 radical (unpaired) electrons. The second kappa shape index (κ2) is 11.5. The third-order valence-electron chi connectivity index (χ3n) is 6.49. The van der Waals surface area contributed by atoms with Gasteiger partial charge in [0, 0.05) is 30.9 Å². The minimum atomic E-state index is -0.517. The average molecular weight is 506 g/mol. The first-order valence-electron chi connectivity index (χ1n) is 12.9. The quantitative estimate of drug-likeness (QED) is 0.217. The summed E-state index contributed by atoms with van der Waals surface area (Å²) in [6.07, 6.45) is 3.19. The van der Waals surface area contributed by atoms with Crippen molar-refractivity contribution in [3.63, 3.8) is 0 Å². The molecule has 0 bridgehead atoms. The molecule has 0 atom stereocenters. The van der Waals surface area contributed by atoms with Crippen LogP contribution in [0, 0.1) is 0 Å². The highest BCUT2D eigenvalue weighted by Crippen LogP contribution is 2.38. The number of rotatable bonds is 9. The minimum absolute atomic E-state index is 0.0681. The highest BCUT2D eigenvalue weighted by atomic mass is 31.1. The molecule has 4 nitrogen and oxygen atoms in total. The number of benzene rings is 4. The van der Waals surface area contributed by atoms with Crippen LogP contribution >= 0.6 is 7.92 Å². The van der Waals surface area contributed by atoms with E-state index in [1.807, 2.05) is 24.3 Å². The van der Waals surface area contributed by atoms with E-state index in [1.165, 1.54) is 28.6 Å².